The number of rotatable bonds is 8. The summed E-state index contributed by atoms with van der Waals surface area (Å²) in [5.74, 6) is 0. The highest BCUT2D eigenvalue weighted by molar-refractivity contribution is 5.56. The molecule has 0 aliphatic heterocycles. The Morgan fingerprint density at radius 3 is 2.33 bits per heavy atom. The summed E-state index contributed by atoms with van der Waals surface area (Å²) < 4.78 is 11.4. The number of aldehydes is 1. The molecule has 1 unspecified atom stereocenters. The predicted octanol–water partition coefficient (Wildman–Crippen LogP) is -3.36. The van der Waals surface area contributed by atoms with E-state index in [1.54, 1.807) is 0 Å². The number of carbonyl (C=O) groups is 1. The van der Waals surface area contributed by atoms with Gasteiger partial charge in [0.1, 0.15) is 24.4 Å². The van der Waals surface area contributed by atoms with Gasteiger partial charge in [-0.15, -0.1) is 0 Å². The third kappa shape index (κ3) is 4.65. The molecule has 0 heterocycles. The summed E-state index contributed by atoms with van der Waals surface area (Å²) in [4.78, 5) is 10.3. The minimum absolute atomic E-state index is 0.0777. The van der Waals surface area contributed by atoms with Crippen molar-refractivity contribution in [1.29, 1.82) is 0 Å². The Hall–Kier alpha value is -0.570. The van der Waals surface area contributed by atoms with E-state index in [0.29, 0.717) is 0 Å². The lowest BCUT2D eigenvalue weighted by molar-refractivity contribution is -0.152. The van der Waals surface area contributed by atoms with Gasteiger partial charge >= 0.3 is 0 Å². The molecule has 5 atom stereocenters. The summed E-state index contributed by atoms with van der Waals surface area (Å²) >= 11 is 0. The molecule has 0 spiro atoms. The highest BCUT2D eigenvalue weighted by Crippen LogP contribution is 2.08. The van der Waals surface area contributed by atoms with Crippen LogP contribution < -0.4 is 0 Å². The van der Waals surface area contributed by atoms with Crippen LogP contribution in [0.4, 0.5) is 0 Å². The van der Waals surface area contributed by atoms with E-state index in [-0.39, 0.29) is 6.29 Å². The van der Waals surface area contributed by atoms with Gasteiger partial charge in [0.25, 0.3) is 0 Å². The van der Waals surface area contributed by atoms with Crippen LogP contribution >= 0.6 is 0 Å². The van der Waals surface area contributed by atoms with Crippen molar-refractivity contribution in [2.45, 2.75) is 24.4 Å². The van der Waals surface area contributed by atoms with Gasteiger partial charge in [-0.1, -0.05) is 0 Å². The molecule has 15 heavy (non-hydrogen) atoms. The largest absolute Gasteiger partial charge is 0.394 e. The minimum Gasteiger partial charge on any atom is -0.394 e. The molecular weight excluding hydrogens is 208 g/mol. The predicted molar refractivity (Wildman–Crippen MR) is 48.0 cm³/mol. The van der Waals surface area contributed by atoms with Crippen molar-refractivity contribution in [3.05, 3.63) is 0 Å². The smallest absolute Gasteiger partial charge is 0.151 e. The van der Waals surface area contributed by atoms with Gasteiger partial charge in [-0.05, 0) is 0 Å². The Morgan fingerprint density at radius 1 is 1.33 bits per heavy atom. The average molecular weight is 225 g/mol. The van der Waals surface area contributed by atoms with Crippen molar-refractivity contribution in [3.8, 4) is 0 Å². The first kappa shape index (κ1) is 12.5. The normalized spacial score (nSPS) is 22.3. The van der Waals surface area contributed by atoms with Gasteiger partial charge in [0.2, 0.25) is 0 Å². The molecule has 7 nitrogen and oxygen atoms in total. The molecule has 0 rings (SSSR count). The highest BCUT2D eigenvalue weighted by atomic mass is 16.5. The van der Waals surface area contributed by atoms with Crippen LogP contribution in [0.1, 0.15) is 1.37 Å². The van der Waals surface area contributed by atoms with Crippen molar-refractivity contribution < 1.29 is 36.4 Å². The maximum Gasteiger partial charge on any atom is 0.151 e. The number of aliphatic hydroxyl groups is 5. The standard InChI is InChI=1S/C8H16O7/c9-1-2-15-8(6(13)4-11)7(14)5(12)3-10/h4-10,12-14H,1-3H2/t5-,6+,7-,8-/m1/s1/i1D/t1?,5-,6+,7-,8-. The van der Waals surface area contributed by atoms with Crippen molar-refractivity contribution in [2.75, 3.05) is 19.8 Å². The fraction of sp³-hybridized carbons (Fsp3) is 0.875. The molecule has 7 heteroatoms. The zero-order chi connectivity index (χ0) is 12.7. The molecule has 0 aliphatic carbocycles. The number of hydrogen-bond donors (Lipinski definition) is 5. The van der Waals surface area contributed by atoms with Crippen molar-refractivity contribution >= 4 is 6.29 Å². The molecule has 0 fully saturated rings. The van der Waals surface area contributed by atoms with Crippen LogP contribution in [0.2, 0.25) is 0 Å². The molecule has 0 bridgehead atoms. The zero-order valence-corrected chi connectivity index (χ0v) is 7.93. The number of hydrogen-bond acceptors (Lipinski definition) is 7. The first-order valence-corrected chi connectivity index (χ1v) is 4.26. The molecule has 0 saturated heterocycles. The van der Waals surface area contributed by atoms with Gasteiger partial charge in [0.15, 0.2) is 6.29 Å². The molecule has 5 N–H and O–H groups in total. The molecule has 0 aromatic rings. The monoisotopic (exact) mass is 225 g/mol. The van der Waals surface area contributed by atoms with E-state index in [0.717, 1.165) is 0 Å². The zero-order valence-electron chi connectivity index (χ0n) is 8.93. The quantitative estimate of drug-likeness (QED) is 0.273. The summed E-state index contributed by atoms with van der Waals surface area (Å²) in [6, 6.07) is 0. The van der Waals surface area contributed by atoms with Gasteiger partial charge in [0, 0.05) is 0 Å². The molecule has 0 aromatic carbocycles. The van der Waals surface area contributed by atoms with Crippen molar-refractivity contribution in [1.82, 2.24) is 0 Å². The minimum atomic E-state index is -1.73. The number of ether oxygens (including phenoxy) is 1. The maximum atomic E-state index is 10.3. The fourth-order valence-corrected chi connectivity index (χ4v) is 0.958. The van der Waals surface area contributed by atoms with Gasteiger partial charge in [-0.2, -0.15) is 0 Å². The van der Waals surface area contributed by atoms with E-state index in [9.17, 15) is 9.90 Å². The number of carbonyl (C=O) groups excluding carboxylic acids is 1. The van der Waals surface area contributed by atoms with Crippen LogP contribution in [0.3, 0.4) is 0 Å². The lowest BCUT2D eigenvalue weighted by atomic mass is 10.0. The molecule has 0 aliphatic rings. The van der Waals surface area contributed by atoms with Crippen LogP contribution in [0.15, 0.2) is 0 Å². The number of aliphatic hydroxyl groups excluding tert-OH is 5. The second kappa shape index (κ2) is 7.69. The summed E-state index contributed by atoms with van der Waals surface area (Å²) in [6.45, 7) is -2.93. The lowest BCUT2D eigenvalue weighted by Crippen LogP contribution is -2.48. The van der Waals surface area contributed by atoms with Crippen LogP contribution in [0.25, 0.3) is 0 Å². The van der Waals surface area contributed by atoms with Gasteiger partial charge in [-0.25, -0.2) is 0 Å². The van der Waals surface area contributed by atoms with E-state index >= 15 is 0 Å². The van der Waals surface area contributed by atoms with Gasteiger partial charge in [0.05, 0.1) is 21.2 Å². The van der Waals surface area contributed by atoms with Crippen LogP contribution in [0, 0.1) is 0 Å². The third-order valence-corrected chi connectivity index (χ3v) is 1.76. The maximum absolute atomic E-state index is 10.3. The Kier molecular flexibility index (Phi) is 6.41. The van der Waals surface area contributed by atoms with Gasteiger partial charge in [-0.3, -0.25) is 0 Å². The van der Waals surface area contributed by atoms with Crippen LogP contribution in [-0.4, -0.2) is 76.0 Å². The molecule has 90 valence electrons. The molecular formula is C8H16O7. The van der Waals surface area contributed by atoms with Crippen LogP contribution in [-0.2, 0) is 9.53 Å². The van der Waals surface area contributed by atoms with E-state index in [1.165, 1.54) is 0 Å². The summed E-state index contributed by atoms with van der Waals surface area (Å²) in [7, 11) is 0. The van der Waals surface area contributed by atoms with E-state index in [4.69, 9.17) is 26.5 Å². The first-order valence-electron chi connectivity index (χ1n) is 4.84. The summed E-state index contributed by atoms with van der Waals surface area (Å²) in [6.07, 6.45) is -6.46. The second-order valence-corrected chi connectivity index (χ2v) is 2.85. The summed E-state index contributed by atoms with van der Waals surface area (Å²) in [5, 5.41) is 44.8. The Bertz CT molecular complexity index is 201. The second-order valence-electron chi connectivity index (χ2n) is 2.85. The Morgan fingerprint density at radius 2 is 1.93 bits per heavy atom. The summed E-state index contributed by atoms with van der Waals surface area (Å²) in [5.41, 5.74) is 0. The van der Waals surface area contributed by atoms with E-state index < -0.39 is 44.2 Å². The Balaban J connectivity index is 4.46. The molecule has 0 aromatic heterocycles. The van der Waals surface area contributed by atoms with E-state index in [1.807, 2.05) is 0 Å². The van der Waals surface area contributed by atoms with Gasteiger partial charge < -0.3 is 35.1 Å². The fourth-order valence-electron chi connectivity index (χ4n) is 0.958. The highest BCUT2D eigenvalue weighted by Gasteiger charge is 2.32. The molecule has 0 radical (unpaired) electrons. The third-order valence-electron chi connectivity index (χ3n) is 1.76. The first-order chi connectivity index (χ1) is 7.43. The molecule has 0 saturated carbocycles. The average Bonchev–Trinajstić information content (AvgIpc) is 2.26. The van der Waals surface area contributed by atoms with Crippen LogP contribution in [0.5, 0.6) is 0 Å². The SMILES string of the molecule is [2H]C(O)CO[C@@H]([C@H](O)[C@H](O)CO)[C@@H](O)C=O. The Labute approximate surface area is 87.9 Å². The topological polar surface area (TPSA) is 127 Å². The van der Waals surface area contributed by atoms with Crippen molar-refractivity contribution in [2.24, 2.45) is 0 Å². The lowest BCUT2D eigenvalue weighted by Gasteiger charge is -2.27. The van der Waals surface area contributed by atoms with Crippen molar-refractivity contribution in [3.63, 3.8) is 0 Å². The molecule has 0 amide bonds. The van der Waals surface area contributed by atoms with E-state index in [2.05, 4.69) is 0 Å².